The van der Waals surface area contributed by atoms with Gasteiger partial charge in [-0.3, -0.25) is 9.69 Å². The van der Waals surface area contributed by atoms with Gasteiger partial charge in [-0.2, -0.15) is 13.2 Å². The van der Waals surface area contributed by atoms with Crippen molar-refractivity contribution in [3.05, 3.63) is 22.8 Å². The van der Waals surface area contributed by atoms with Gasteiger partial charge in [-0.25, -0.2) is 4.98 Å². The average molecular weight is 449 g/mol. The monoisotopic (exact) mass is 448 g/mol. The number of aliphatic hydroxyl groups is 1. The summed E-state index contributed by atoms with van der Waals surface area (Å²) in [5.41, 5.74) is -0.870. The quantitative estimate of drug-likeness (QED) is 0.767. The van der Waals surface area contributed by atoms with Crippen LogP contribution in [0.1, 0.15) is 32.3 Å². The normalized spacial score (nSPS) is 23.0. The van der Waals surface area contributed by atoms with E-state index in [1.54, 1.807) is 6.92 Å². The molecule has 0 aliphatic carbocycles. The lowest BCUT2D eigenvalue weighted by Crippen LogP contribution is -2.56. The number of rotatable bonds is 4. The van der Waals surface area contributed by atoms with Gasteiger partial charge in [0.2, 0.25) is 5.91 Å². The maximum absolute atomic E-state index is 13.0. The topological polar surface area (TPSA) is 59.9 Å². The maximum atomic E-state index is 13.0. The molecule has 1 amide bonds. The molecule has 3 heterocycles. The number of nitrogens with zero attached hydrogens (tertiary/aromatic N) is 4. The predicted molar refractivity (Wildman–Crippen MR) is 108 cm³/mol. The third-order valence-corrected chi connectivity index (χ3v) is 6.15. The minimum Gasteiger partial charge on any atom is -0.392 e. The number of carbonyl (C=O) groups excluding carboxylic acids is 1. The minimum atomic E-state index is -4.48. The lowest BCUT2D eigenvalue weighted by Gasteiger charge is -2.42. The third-order valence-electron chi connectivity index (χ3n) is 5.87. The highest BCUT2D eigenvalue weighted by Crippen LogP contribution is 2.35. The Kier molecular flexibility index (Phi) is 7.14. The molecule has 10 heteroatoms. The number of hydrogen-bond donors (Lipinski definition) is 1. The standard InChI is InChI=1S/C20H28ClF3N4O2/c1-13-11-28(8-7-27(13)12-14(2)29)19(30)15-3-5-26(6-4-15)18-17(21)9-16(10-25-18)20(22,23)24/h9-10,13-15,29H,3-8,11-12H2,1-2H3/t13-,14-/m0/s1. The molecule has 0 unspecified atom stereocenters. The van der Waals surface area contributed by atoms with E-state index < -0.39 is 17.8 Å². The van der Waals surface area contributed by atoms with E-state index in [0.29, 0.717) is 51.4 Å². The van der Waals surface area contributed by atoms with Crippen LogP contribution in [0.3, 0.4) is 0 Å². The second-order valence-corrected chi connectivity index (χ2v) is 8.67. The van der Waals surface area contributed by atoms with E-state index in [-0.39, 0.29) is 22.9 Å². The predicted octanol–water partition coefficient (Wildman–Crippen LogP) is 2.88. The van der Waals surface area contributed by atoms with Gasteiger partial charge in [-0.1, -0.05) is 11.6 Å². The van der Waals surface area contributed by atoms with Crippen molar-refractivity contribution in [2.24, 2.45) is 5.92 Å². The molecule has 2 aliphatic heterocycles. The fraction of sp³-hybridized carbons (Fsp3) is 0.700. The van der Waals surface area contributed by atoms with Crippen LogP contribution in [0.5, 0.6) is 0 Å². The summed E-state index contributed by atoms with van der Waals surface area (Å²) in [6.07, 6.45) is -2.86. The Hall–Kier alpha value is -1.58. The Morgan fingerprint density at radius 1 is 1.30 bits per heavy atom. The van der Waals surface area contributed by atoms with Gasteiger partial charge >= 0.3 is 6.18 Å². The largest absolute Gasteiger partial charge is 0.417 e. The van der Waals surface area contributed by atoms with Gasteiger partial charge < -0.3 is 14.9 Å². The van der Waals surface area contributed by atoms with Crippen molar-refractivity contribution in [1.82, 2.24) is 14.8 Å². The molecule has 168 valence electrons. The fourth-order valence-electron chi connectivity index (χ4n) is 4.22. The van der Waals surface area contributed by atoms with Crippen molar-refractivity contribution in [1.29, 1.82) is 0 Å². The molecule has 0 radical (unpaired) electrons. The first-order valence-electron chi connectivity index (χ1n) is 10.2. The van der Waals surface area contributed by atoms with Crippen molar-refractivity contribution in [2.45, 2.75) is 45.0 Å². The zero-order valence-electron chi connectivity index (χ0n) is 17.2. The Bertz CT molecular complexity index is 754. The van der Waals surface area contributed by atoms with Gasteiger partial charge in [0.15, 0.2) is 0 Å². The molecule has 30 heavy (non-hydrogen) atoms. The Morgan fingerprint density at radius 3 is 2.50 bits per heavy atom. The molecule has 0 aromatic carbocycles. The van der Waals surface area contributed by atoms with Crippen LogP contribution >= 0.6 is 11.6 Å². The van der Waals surface area contributed by atoms with Crippen LogP contribution in [-0.2, 0) is 11.0 Å². The molecule has 6 nitrogen and oxygen atoms in total. The number of amides is 1. The van der Waals surface area contributed by atoms with Crippen LogP contribution in [0.25, 0.3) is 0 Å². The zero-order chi connectivity index (χ0) is 22.1. The molecule has 1 aromatic heterocycles. The number of aromatic nitrogens is 1. The summed E-state index contributed by atoms with van der Waals surface area (Å²) in [5, 5.41) is 9.57. The summed E-state index contributed by atoms with van der Waals surface area (Å²) in [7, 11) is 0. The van der Waals surface area contributed by atoms with Gasteiger partial charge in [0, 0.05) is 57.4 Å². The van der Waals surface area contributed by atoms with Crippen molar-refractivity contribution >= 4 is 23.3 Å². The average Bonchev–Trinajstić information content (AvgIpc) is 2.68. The number of β-amino-alcohol motifs (C(OH)–C–C–N with tert-alkyl or cyclic N) is 1. The summed E-state index contributed by atoms with van der Waals surface area (Å²) in [4.78, 5) is 22.8. The smallest absolute Gasteiger partial charge is 0.392 e. The lowest BCUT2D eigenvalue weighted by molar-refractivity contribution is -0.139. The highest BCUT2D eigenvalue weighted by Gasteiger charge is 2.35. The van der Waals surface area contributed by atoms with Crippen LogP contribution in [0.2, 0.25) is 5.02 Å². The second kappa shape index (κ2) is 9.28. The van der Waals surface area contributed by atoms with Crippen LogP contribution in [0.15, 0.2) is 12.3 Å². The number of halogens is 4. The first-order chi connectivity index (χ1) is 14.1. The van der Waals surface area contributed by atoms with E-state index in [1.807, 2.05) is 9.80 Å². The molecule has 1 N–H and O–H groups in total. The number of hydrogen-bond acceptors (Lipinski definition) is 5. The highest BCUT2D eigenvalue weighted by atomic mass is 35.5. The fourth-order valence-corrected chi connectivity index (χ4v) is 4.51. The first-order valence-corrected chi connectivity index (χ1v) is 10.6. The molecule has 0 bridgehead atoms. The molecule has 2 aliphatic rings. The van der Waals surface area contributed by atoms with E-state index in [1.165, 1.54) is 0 Å². The minimum absolute atomic E-state index is 0.0299. The molecular weight excluding hydrogens is 421 g/mol. The van der Waals surface area contributed by atoms with Crippen LogP contribution in [0.4, 0.5) is 19.0 Å². The van der Waals surface area contributed by atoms with Gasteiger partial charge in [0.25, 0.3) is 0 Å². The number of carbonyl (C=O) groups is 1. The summed E-state index contributed by atoms with van der Waals surface area (Å²) >= 11 is 6.05. The molecule has 3 rings (SSSR count). The van der Waals surface area contributed by atoms with E-state index in [4.69, 9.17) is 11.6 Å². The van der Waals surface area contributed by atoms with Crippen LogP contribution < -0.4 is 4.90 Å². The SMILES string of the molecule is C[C@H](O)CN1CCN(C(=O)C2CCN(c3ncc(C(F)(F)F)cc3Cl)CC2)C[C@@H]1C. The van der Waals surface area contributed by atoms with Gasteiger partial charge in [-0.15, -0.1) is 0 Å². The van der Waals surface area contributed by atoms with E-state index in [9.17, 15) is 23.1 Å². The van der Waals surface area contributed by atoms with Crippen molar-refractivity contribution in [3.8, 4) is 0 Å². The molecule has 0 spiro atoms. The summed E-state index contributed by atoms with van der Waals surface area (Å²) in [5.74, 6) is 0.352. The van der Waals surface area contributed by atoms with Crippen molar-refractivity contribution in [3.63, 3.8) is 0 Å². The number of aliphatic hydroxyl groups excluding tert-OH is 1. The van der Waals surface area contributed by atoms with E-state index >= 15 is 0 Å². The number of pyridine rings is 1. The Balaban J connectivity index is 1.55. The maximum Gasteiger partial charge on any atom is 0.417 e. The molecular formula is C20H28ClF3N4O2. The highest BCUT2D eigenvalue weighted by molar-refractivity contribution is 6.33. The van der Waals surface area contributed by atoms with Gasteiger partial charge in [0.05, 0.1) is 16.7 Å². The summed E-state index contributed by atoms with van der Waals surface area (Å²) in [6.45, 7) is 7.47. The van der Waals surface area contributed by atoms with Crippen molar-refractivity contribution < 1.29 is 23.1 Å². The van der Waals surface area contributed by atoms with Crippen LogP contribution in [-0.4, -0.2) is 77.2 Å². The number of anilines is 1. The van der Waals surface area contributed by atoms with E-state index in [2.05, 4.69) is 16.8 Å². The van der Waals surface area contributed by atoms with Crippen LogP contribution in [0, 0.1) is 5.92 Å². The van der Waals surface area contributed by atoms with Crippen molar-refractivity contribution in [2.75, 3.05) is 44.2 Å². The summed E-state index contributed by atoms with van der Waals surface area (Å²) in [6, 6.07) is 1.09. The van der Waals surface area contributed by atoms with E-state index in [0.717, 1.165) is 18.8 Å². The number of piperazine rings is 1. The number of alkyl halides is 3. The Morgan fingerprint density at radius 2 is 1.97 bits per heavy atom. The summed E-state index contributed by atoms with van der Waals surface area (Å²) < 4.78 is 38.4. The first kappa shape index (κ1) is 23.1. The Labute approximate surface area is 179 Å². The van der Waals surface area contributed by atoms with Gasteiger partial charge in [0.1, 0.15) is 5.82 Å². The van der Waals surface area contributed by atoms with Gasteiger partial charge in [-0.05, 0) is 32.8 Å². The lowest BCUT2D eigenvalue weighted by atomic mass is 9.94. The second-order valence-electron chi connectivity index (χ2n) is 8.27. The molecule has 0 saturated carbocycles. The third kappa shape index (κ3) is 5.36. The zero-order valence-corrected chi connectivity index (χ0v) is 18.0. The number of piperidine rings is 1. The molecule has 2 fully saturated rings. The molecule has 1 aromatic rings. The molecule has 2 saturated heterocycles. The molecule has 2 atom stereocenters.